The van der Waals surface area contributed by atoms with E-state index in [4.69, 9.17) is 0 Å². The quantitative estimate of drug-likeness (QED) is 0.180. The van der Waals surface area contributed by atoms with Crippen LogP contribution in [0.3, 0.4) is 0 Å². The van der Waals surface area contributed by atoms with E-state index >= 15 is 4.79 Å². The molecule has 0 atom stereocenters. The second kappa shape index (κ2) is 13.0. The van der Waals surface area contributed by atoms with Crippen molar-refractivity contribution in [2.75, 3.05) is 10.2 Å². The van der Waals surface area contributed by atoms with Crippen LogP contribution in [0.25, 0.3) is 55.0 Å². The van der Waals surface area contributed by atoms with Crippen LogP contribution < -0.4 is 10.2 Å². The minimum atomic E-state index is -0.145. The summed E-state index contributed by atoms with van der Waals surface area (Å²) in [6.45, 7) is 0. The second-order valence-electron chi connectivity index (χ2n) is 13.5. The fourth-order valence-electron chi connectivity index (χ4n) is 7.90. The number of carbonyl (C=O) groups excluding carboxylic acids is 1. The smallest absolute Gasteiger partial charge is 0.263 e. The minimum absolute atomic E-state index is 0.145. The van der Waals surface area contributed by atoms with Crippen LogP contribution in [0.1, 0.15) is 10.4 Å². The van der Waals surface area contributed by atoms with Crippen molar-refractivity contribution < 1.29 is 4.79 Å². The number of fused-ring (bicyclic) bond motifs is 6. The summed E-state index contributed by atoms with van der Waals surface area (Å²) in [6, 6.07) is 68.2. The number of nitrogens with zero attached hydrogens (tertiary/aromatic N) is 3. The minimum Gasteiger partial charge on any atom is -0.354 e. The van der Waals surface area contributed by atoms with Gasteiger partial charge in [-0.25, -0.2) is 0 Å². The molecule has 1 amide bonds. The van der Waals surface area contributed by atoms with E-state index in [1.165, 1.54) is 0 Å². The normalized spacial score (nSPS) is 11.4. The second-order valence-corrected chi connectivity index (χ2v) is 13.5. The van der Waals surface area contributed by atoms with Gasteiger partial charge in [0.2, 0.25) is 0 Å². The Morgan fingerprint density at radius 3 is 1.33 bits per heavy atom. The fraction of sp³-hybridized carbons (Fsp3) is 0. The highest BCUT2D eigenvalue weighted by molar-refractivity contribution is 6.15. The van der Waals surface area contributed by atoms with E-state index in [0.29, 0.717) is 5.56 Å². The number of rotatable bonds is 7. The third kappa shape index (κ3) is 5.22. The van der Waals surface area contributed by atoms with E-state index in [-0.39, 0.29) is 5.91 Å². The lowest BCUT2D eigenvalue weighted by atomic mass is 10.1. The first-order valence-corrected chi connectivity index (χ1v) is 18.2. The molecule has 10 rings (SSSR count). The van der Waals surface area contributed by atoms with E-state index in [1.54, 1.807) is 0 Å². The van der Waals surface area contributed by atoms with Crippen molar-refractivity contribution in [2.45, 2.75) is 0 Å². The van der Waals surface area contributed by atoms with Gasteiger partial charge in [-0.2, -0.15) is 0 Å². The summed E-state index contributed by atoms with van der Waals surface area (Å²) in [5, 5.41) is 8.22. The average Bonchev–Trinajstić information content (AvgIpc) is 3.75. The molecule has 0 aliphatic rings. The molecule has 5 heteroatoms. The monoisotopic (exact) mass is 694 g/mol. The predicted molar refractivity (Wildman–Crippen MR) is 224 cm³/mol. The van der Waals surface area contributed by atoms with Gasteiger partial charge in [-0.3, -0.25) is 9.69 Å². The van der Waals surface area contributed by atoms with Gasteiger partial charge < -0.3 is 14.5 Å². The first kappa shape index (κ1) is 31.4. The summed E-state index contributed by atoms with van der Waals surface area (Å²) in [5.74, 6) is -0.145. The van der Waals surface area contributed by atoms with Gasteiger partial charge >= 0.3 is 0 Å². The Balaban J connectivity index is 1.25. The Hall–Kier alpha value is -7.37. The van der Waals surface area contributed by atoms with Crippen LogP contribution in [-0.4, -0.2) is 15.0 Å². The van der Waals surface area contributed by atoms with E-state index in [2.05, 4.69) is 118 Å². The summed E-state index contributed by atoms with van der Waals surface area (Å²) in [6.07, 6.45) is 0. The molecule has 0 saturated carbocycles. The highest BCUT2D eigenvalue weighted by Crippen LogP contribution is 2.39. The Morgan fingerprint density at radius 2 is 0.833 bits per heavy atom. The highest BCUT2D eigenvalue weighted by atomic mass is 16.2. The molecule has 54 heavy (non-hydrogen) atoms. The summed E-state index contributed by atoms with van der Waals surface area (Å²) in [5.41, 5.74) is 9.95. The maximum Gasteiger partial charge on any atom is 0.263 e. The largest absolute Gasteiger partial charge is 0.354 e. The number of hydrogen-bond acceptors (Lipinski definition) is 2. The Kier molecular flexibility index (Phi) is 7.55. The molecule has 10 aromatic rings. The maximum absolute atomic E-state index is 15.5. The van der Waals surface area contributed by atoms with Crippen molar-refractivity contribution in [2.24, 2.45) is 0 Å². The number of aromatic nitrogens is 2. The van der Waals surface area contributed by atoms with Crippen LogP contribution >= 0.6 is 0 Å². The number of amides is 1. The topological polar surface area (TPSA) is 42.2 Å². The van der Waals surface area contributed by atoms with Gasteiger partial charge in [0.25, 0.3) is 5.91 Å². The maximum atomic E-state index is 15.5. The van der Waals surface area contributed by atoms with Crippen molar-refractivity contribution >= 4 is 72.3 Å². The van der Waals surface area contributed by atoms with Crippen LogP contribution in [-0.2, 0) is 0 Å². The van der Waals surface area contributed by atoms with Crippen LogP contribution in [0.5, 0.6) is 0 Å². The fourth-order valence-corrected chi connectivity index (χ4v) is 7.90. The molecule has 256 valence electrons. The number of carbonyl (C=O) groups is 1. The van der Waals surface area contributed by atoms with Crippen molar-refractivity contribution in [1.29, 1.82) is 0 Å². The molecule has 0 spiro atoms. The van der Waals surface area contributed by atoms with Gasteiger partial charge in [-0.15, -0.1) is 0 Å². The lowest BCUT2D eigenvalue weighted by Gasteiger charge is -2.26. The molecular formula is C49H34N4O. The molecule has 8 aromatic carbocycles. The molecule has 1 N–H and O–H groups in total. The van der Waals surface area contributed by atoms with Crippen LogP contribution in [0, 0.1) is 0 Å². The average molecular weight is 695 g/mol. The Labute approximate surface area is 312 Å². The Bertz CT molecular complexity index is 2760. The molecule has 0 aliphatic heterocycles. The molecule has 0 saturated heterocycles. The molecular weight excluding hydrogens is 661 g/mol. The van der Waals surface area contributed by atoms with Gasteiger partial charge in [-0.05, 0) is 78.9 Å². The van der Waals surface area contributed by atoms with Gasteiger partial charge in [0.15, 0.2) is 0 Å². The predicted octanol–water partition coefficient (Wildman–Crippen LogP) is 12.6. The zero-order valence-electron chi connectivity index (χ0n) is 29.3. The number of para-hydroxylation sites is 8. The van der Waals surface area contributed by atoms with Crippen LogP contribution in [0.15, 0.2) is 200 Å². The Morgan fingerprint density at radius 1 is 0.426 bits per heavy atom. The molecule has 0 aliphatic carbocycles. The van der Waals surface area contributed by atoms with Crippen LogP contribution in [0.4, 0.5) is 22.7 Å². The van der Waals surface area contributed by atoms with Crippen molar-refractivity contribution in [3.63, 3.8) is 0 Å². The standard InChI is InChI=1S/C49H34N4O/c54-49(53(36-19-5-2-6-20-36)48-30-16-11-25-43(48)50-35-17-3-1-4-18-35)34-31-37(51-44-26-12-7-21-39(44)40-22-8-13-27-45(40)51)33-38(32-34)52-46-28-14-9-23-41(46)42-24-10-15-29-47(42)52/h1-33,50H. The summed E-state index contributed by atoms with van der Waals surface area (Å²) in [4.78, 5) is 17.4. The zero-order valence-corrected chi connectivity index (χ0v) is 29.3. The van der Waals surface area contributed by atoms with Gasteiger partial charge in [0.05, 0.1) is 33.4 Å². The highest BCUT2D eigenvalue weighted by Gasteiger charge is 2.25. The lowest BCUT2D eigenvalue weighted by Crippen LogP contribution is -2.27. The third-order valence-electron chi connectivity index (χ3n) is 10.2. The van der Waals surface area contributed by atoms with E-state index in [9.17, 15) is 0 Å². The first-order chi connectivity index (χ1) is 26.7. The third-order valence-corrected chi connectivity index (χ3v) is 10.2. The first-order valence-electron chi connectivity index (χ1n) is 18.2. The van der Waals surface area contributed by atoms with Crippen LogP contribution in [0.2, 0.25) is 0 Å². The summed E-state index contributed by atoms with van der Waals surface area (Å²) >= 11 is 0. The zero-order chi connectivity index (χ0) is 36.0. The van der Waals surface area contributed by atoms with Crippen molar-refractivity contribution in [1.82, 2.24) is 9.13 Å². The molecule has 5 nitrogen and oxygen atoms in total. The molecule has 0 fully saturated rings. The number of nitrogens with one attached hydrogen (secondary N) is 1. The van der Waals surface area contributed by atoms with Gasteiger partial charge in [0, 0.05) is 49.9 Å². The SMILES string of the molecule is O=C(c1cc(-n2c3ccccc3c3ccccc32)cc(-n2c3ccccc3c3ccccc32)c1)N(c1ccccc1)c1ccccc1Nc1ccccc1. The summed E-state index contributed by atoms with van der Waals surface area (Å²) in [7, 11) is 0. The molecule has 0 bridgehead atoms. The van der Waals surface area contributed by atoms with E-state index < -0.39 is 0 Å². The van der Waals surface area contributed by atoms with Crippen molar-refractivity contribution in [3.05, 3.63) is 206 Å². The molecule has 2 aromatic heterocycles. The van der Waals surface area contributed by atoms with Crippen molar-refractivity contribution in [3.8, 4) is 11.4 Å². The lowest BCUT2D eigenvalue weighted by molar-refractivity contribution is 0.0999. The molecule has 0 unspecified atom stereocenters. The van der Waals surface area contributed by atoms with Gasteiger partial charge in [0.1, 0.15) is 0 Å². The number of anilines is 4. The molecule has 0 radical (unpaired) electrons. The van der Waals surface area contributed by atoms with E-state index in [1.807, 2.05) is 102 Å². The number of benzene rings is 8. The van der Waals surface area contributed by atoms with Gasteiger partial charge in [-0.1, -0.05) is 121 Å². The molecule has 2 heterocycles. The van der Waals surface area contributed by atoms with E-state index in [0.717, 1.165) is 77.7 Å². The number of hydrogen-bond donors (Lipinski definition) is 1. The summed E-state index contributed by atoms with van der Waals surface area (Å²) < 4.78 is 4.58.